The van der Waals surface area contributed by atoms with Crippen molar-refractivity contribution in [3.05, 3.63) is 57.8 Å². The van der Waals surface area contributed by atoms with Crippen molar-refractivity contribution in [2.75, 3.05) is 6.54 Å². The highest BCUT2D eigenvalue weighted by atomic mass is 32.1. The second kappa shape index (κ2) is 7.01. The molecule has 1 heterocycles. The van der Waals surface area contributed by atoms with Crippen LogP contribution in [0.25, 0.3) is 0 Å². The number of carbonyl (C=O) groups excluding carboxylic acids is 2. The molecule has 1 aromatic heterocycles. The van der Waals surface area contributed by atoms with Gasteiger partial charge in [-0.1, -0.05) is 30.3 Å². The number of benzene rings is 1. The predicted octanol–water partition coefficient (Wildman–Crippen LogP) is 3.31. The van der Waals surface area contributed by atoms with E-state index in [1.165, 1.54) is 23.8 Å². The van der Waals surface area contributed by atoms with Crippen LogP contribution in [0.3, 0.4) is 0 Å². The summed E-state index contributed by atoms with van der Waals surface area (Å²) in [5.41, 5.74) is 1.27. The van der Waals surface area contributed by atoms with Crippen molar-refractivity contribution in [1.29, 1.82) is 0 Å². The predicted molar refractivity (Wildman–Crippen MR) is 81.4 cm³/mol. The van der Waals surface area contributed by atoms with Gasteiger partial charge in [-0.2, -0.15) is 0 Å². The van der Waals surface area contributed by atoms with E-state index in [1.807, 2.05) is 18.2 Å². The fourth-order valence-corrected chi connectivity index (χ4v) is 2.69. The number of carbonyl (C=O) groups is 2. The minimum absolute atomic E-state index is 0.00173. The zero-order valence-corrected chi connectivity index (χ0v) is 12.2. The van der Waals surface area contributed by atoms with Gasteiger partial charge in [0.15, 0.2) is 5.78 Å². The number of hydrogen-bond acceptors (Lipinski definition) is 3. The summed E-state index contributed by atoms with van der Waals surface area (Å²) in [6.07, 6.45) is 1.85. The van der Waals surface area contributed by atoms with E-state index in [-0.39, 0.29) is 11.7 Å². The van der Waals surface area contributed by atoms with E-state index in [1.54, 1.807) is 12.1 Å². The van der Waals surface area contributed by atoms with Crippen LogP contribution in [0.5, 0.6) is 0 Å². The molecule has 3 nitrogen and oxygen atoms in total. The van der Waals surface area contributed by atoms with Gasteiger partial charge in [0.05, 0.1) is 9.75 Å². The minimum Gasteiger partial charge on any atom is -0.351 e. The normalized spacial score (nSPS) is 10.2. The summed E-state index contributed by atoms with van der Waals surface area (Å²) in [5, 5.41) is 2.88. The quantitative estimate of drug-likeness (QED) is 0.654. The molecule has 0 aliphatic rings. The van der Waals surface area contributed by atoms with Gasteiger partial charge in [0.2, 0.25) is 0 Å². The number of rotatable bonds is 6. The molecule has 0 saturated carbocycles. The Hall–Kier alpha value is -1.94. The zero-order chi connectivity index (χ0) is 14.4. The van der Waals surface area contributed by atoms with Gasteiger partial charge in [-0.25, -0.2) is 0 Å². The first-order valence-electron chi connectivity index (χ1n) is 6.59. The third-order valence-corrected chi connectivity index (χ3v) is 4.13. The van der Waals surface area contributed by atoms with Crippen LogP contribution < -0.4 is 5.32 Å². The van der Waals surface area contributed by atoms with Crippen LogP contribution in [0.4, 0.5) is 0 Å². The molecule has 0 bridgehead atoms. The Morgan fingerprint density at radius 1 is 1.05 bits per heavy atom. The SMILES string of the molecule is CC(=O)c1ccc(C(=O)NCCCc2ccccc2)s1. The van der Waals surface area contributed by atoms with Crippen LogP contribution in [0.2, 0.25) is 0 Å². The molecule has 0 spiro atoms. The number of thiophene rings is 1. The Labute approximate surface area is 122 Å². The molecule has 0 radical (unpaired) electrons. The largest absolute Gasteiger partial charge is 0.351 e. The highest BCUT2D eigenvalue weighted by molar-refractivity contribution is 7.15. The van der Waals surface area contributed by atoms with Crippen molar-refractivity contribution in [3.63, 3.8) is 0 Å². The van der Waals surface area contributed by atoms with Crippen molar-refractivity contribution in [2.45, 2.75) is 19.8 Å². The lowest BCUT2D eigenvalue weighted by molar-refractivity contribution is 0.0956. The fourth-order valence-electron chi connectivity index (χ4n) is 1.88. The van der Waals surface area contributed by atoms with Crippen LogP contribution in [-0.4, -0.2) is 18.2 Å². The molecule has 0 atom stereocenters. The fraction of sp³-hybridized carbons (Fsp3) is 0.250. The first-order chi connectivity index (χ1) is 9.66. The summed E-state index contributed by atoms with van der Waals surface area (Å²) in [6, 6.07) is 13.6. The van der Waals surface area contributed by atoms with Gasteiger partial charge in [0, 0.05) is 6.54 Å². The number of nitrogens with one attached hydrogen (secondary N) is 1. The Balaban J connectivity index is 1.76. The smallest absolute Gasteiger partial charge is 0.261 e. The molecular weight excluding hydrogens is 270 g/mol. The summed E-state index contributed by atoms with van der Waals surface area (Å²) in [7, 11) is 0. The van der Waals surface area contributed by atoms with Gasteiger partial charge >= 0.3 is 0 Å². The zero-order valence-electron chi connectivity index (χ0n) is 11.4. The number of hydrogen-bond donors (Lipinski definition) is 1. The summed E-state index contributed by atoms with van der Waals surface area (Å²) in [5.74, 6) is -0.103. The van der Waals surface area contributed by atoms with Crippen molar-refractivity contribution < 1.29 is 9.59 Å². The van der Waals surface area contributed by atoms with E-state index >= 15 is 0 Å². The maximum Gasteiger partial charge on any atom is 0.261 e. The van der Waals surface area contributed by atoms with Crippen LogP contribution in [0.1, 0.15) is 38.3 Å². The van der Waals surface area contributed by atoms with Gasteiger partial charge < -0.3 is 5.32 Å². The van der Waals surface area contributed by atoms with Crippen molar-refractivity contribution in [2.24, 2.45) is 0 Å². The third kappa shape index (κ3) is 4.03. The van der Waals surface area contributed by atoms with Crippen LogP contribution in [-0.2, 0) is 6.42 Å². The van der Waals surface area contributed by atoms with Gasteiger partial charge in [-0.05, 0) is 37.5 Å². The van der Waals surface area contributed by atoms with Crippen LogP contribution >= 0.6 is 11.3 Å². The Bertz CT molecular complexity index is 590. The number of Topliss-reactive ketones (excluding diaryl/α,β-unsaturated/α-hetero) is 1. The number of aryl methyl sites for hydroxylation is 1. The maximum absolute atomic E-state index is 11.9. The molecule has 1 amide bonds. The summed E-state index contributed by atoms with van der Waals surface area (Å²) in [4.78, 5) is 24.3. The highest BCUT2D eigenvalue weighted by Gasteiger charge is 2.10. The molecule has 104 valence electrons. The lowest BCUT2D eigenvalue weighted by Gasteiger charge is -2.03. The van der Waals surface area contributed by atoms with E-state index < -0.39 is 0 Å². The molecule has 0 fully saturated rings. The summed E-state index contributed by atoms with van der Waals surface area (Å²) in [6.45, 7) is 2.15. The second-order valence-electron chi connectivity index (χ2n) is 4.57. The first-order valence-corrected chi connectivity index (χ1v) is 7.41. The Morgan fingerprint density at radius 2 is 1.75 bits per heavy atom. The first kappa shape index (κ1) is 14.5. The van der Waals surface area contributed by atoms with Gasteiger partial charge in [0.1, 0.15) is 0 Å². The third-order valence-electron chi connectivity index (χ3n) is 2.95. The van der Waals surface area contributed by atoms with Gasteiger partial charge in [0.25, 0.3) is 5.91 Å². The molecular formula is C16H17NO2S. The molecule has 1 aromatic carbocycles. The van der Waals surface area contributed by atoms with Gasteiger partial charge in [-0.15, -0.1) is 11.3 Å². The minimum atomic E-state index is -0.101. The second-order valence-corrected chi connectivity index (χ2v) is 5.65. The van der Waals surface area contributed by atoms with E-state index in [0.29, 0.717) is 16.3 Å². The molecule has 0 aliphatic carbocycles. The Morgan fingerprint density at radius 3 is 2.40 bits per heavy atom. The van der Waals surface area contributed by atoms with E-state index in [0.717, 1.165) is 12.8 Å². The molecule has 20 heavy (non-hydrogen) atoms. The van der Waals surface area contributed by atoms with E-state index in [2.05, 4.69) is 17.4 Å². The average molecular weight is 287 g/mol. The van der Waals surface area contributed by atoms with E-state index in [9.17, 15) is 9.59 Å². The molecule has 0 saturated heterocycles. The van der Waals surface area contributed by atoms with Crippen molar-refractivity contribution >= 4 is 23.0 Å². The lowest BCUT2D eigenvalue weighted by atomic mass is 10.1. The van der Waals surface area contributed by atoms with E-state index in [4.69, 9.17) is 0 Å². The average Bonchev–Trinajstić information content (AvgIpc) is 2.94. The van der Waals surface area contributed by atoms with Crippen LogP contribution in [0, 0.1) is 0 Å². The summed E-state index contributed by atoms with van der Waals surface area (Å²) >= 11 is 1.24. The lowest BCUT2D eigenvalue weighted by Crippen LogP contribution is -2.23. The summed E-state index contributed by atoms with van der Waals surface area (Å²) < 4.78 is 0. The topological polar surface area (TPSA) is 46.2 Å². The Kier molecular flexibility index (Phi) is 5.07. The van der Waals surface area contributed by atoms with Crippen molar-refractivity contribution in [1.82, 2.24) is 5.32 Å². The number of ketones is 1. The number of amides is 1. The molecule has 0 aliphatic heterocycles. The highest BCUT2D eigenvalue weighted by Crippen LogP contribution is 2.16. The van der Waals surface area contributed by atoms with Crippen molar-refractivity contribution in [3.8, 4) is 0 Å². The van der Waals surface area contributed by atoms with Gasteiger partial charge in [-0.3, -0.25) is 9.59 Å². The maximum atomic E-state index is 11.9. The molecule has 4 heteroatoms. The molecule has 0 unspecified atom stereocenters. The molecule has 1 N–H and O–H groups in total. The van der Waals surface area contributed by atoms with Crippen LogP contribution in [0.15, 0.2) is 42.5 Å². The molecule has 2 aromatic rings. The molecule has 2 rings (SSSR count). The monoisotopic (exact) mass is 287 g/mol. The standard InChI is InChI=1S/C16H17NO2S/c1-12(18)14-9-10-15(20-14)16(19)17-11-5-8-13-6-3-2-4-7-13/h2-4,6-7,9-10H,5,8,11H2,1H3,(H,17,19).